The number of nitrogens with zero attached hydrogens (tertiary/aromatic N) is 1. The summed E-state index contributed by atoms with van der Waals surface area (Å²) < 4.78 is 0. The van der Waals surface area contributed by atoms with Gasteiger partial charge >= 0.3 is 0 Å². The van der Waals surface area contributed by atoms with Gasteiger partial charge in [0.2, 0.25) is 0 Å². The number of anilines is 2. The summed E-state index contributed by atoms with van der Waals surface area (Å²) >= 11 is 0. The number of nitrogens with one attached hydrogen (secondary N) is 1. The highest BCUT2D eigenvalue weighted by Gasteiger charge is 2.12. The van der Waals surface area contributed by atoms with Crippen LogP contribution in [0.25, 0.3) is 0 Å². The molecular weight excluding hydrogens is 274 g/mol. The van der Waals surface area contributed by atoms with E-state index in [-0.39, 0.29) is 5.91 Å². The van der Waals surface area contributed by atoms with Crippen LogP contribution in [0.1, 0.15) is 27.0 Å². The third kappa shape index (κ3) is 3.86. The molecule has 0 unspecified atom stereocenters. The van der Waals surface area contributed by atoms with Gasteiger partial charge in [0.15, 0.2) is 0 Å². The molecule has 116 valence electrons. The Kier molecular flexibility index (Phi) is 4.83. The topological polar surface area (TPSA) is 58.4 Å². The second kappa shape index (κ2) is 6.62. The van der Waals surface area contributed by atoms with E-state index in [4.69, 9.17) is 5.73 Å². The highest BCUT2D eigenvalue weighted by Crippen LogP contribution is 2.21. The lowest BCUT2D eigenvalue weighted by Crippen LogP contribution is -2.17. The van der Waals surface area contributed by atoms with Gasteiger partial charge in [-0.15, -0.1) is 0 Å². The summed E-state index contributed by atoms with van der Waals surface area (Å²) in [6.45, 7) is 4.73. The second-order valence-electron chi connectivity index (χ2n) is 5.93. The number of aryl methyl sites for hydroxylation is 2. The summed E-state index contributed by atoms with van der Waals surface area (Å²) in [6.07, 6.45) is 0. The Bertz CT molecular complexity index is 693. The SMILES string of the molecule is Cc1ccc(NC(=O)c2cc(N)ccc2C)c(CN(C)C)c1. The maximum atomic E-state index is 12.5. The van der Waals surface area contributed by atoms with Gasteiger partial charge in [0.25, 0.3) is 5.91 Å². The molecule has 0 radical (unpaired) electrons. The van der Waals surface area contributed by atoms with Crippen LogP contribution in [0.3, 0.4) is 0 Å². The Morgan fingerprint density at radius 3 is 2.55 bits per heavy atom. The van der Waals surface area contributed by atoms with Crippen molar-refractivity contribution in [1.29, 1.82) is 0 Å². The third-order valence-electron chi connectivity index (χ3n) is 3.50. The van der Waals surface area contributed by atoms with Crippen LogP contribution in [0.2, 0.25) is 0 Å². The molecule has 0 atom stereocenters. The van der Waals surface area contributed by atoms with Crippen molar-refractivity contribution in [3.63, 3.8) is 0 Å². The molecular formula is C18H23N3O. The van der Waals surface area contributed by atoms with Crippen molar-refractivity contribution < 1.29 is 4.79 Å². The van der Waals surface area contributed by atoms with E-state index >= 15 is 0 Å². The number of hydrogen-bond donors (Lipinski definition) is 2. The average molecular weight is 297 g/mol. The molecule has 2 aromatic rings. The molecule has 2 aromatic carbocycles. The summed E-state index contributed by atoms with van der Waals surface area (Å²) in [7, 11) is 4.02. The second-order valence-corrected chi connectivity index (χ2v) is 5.93. The lowest BCUT2D eigenvalue weighted by atomic mass is 10.1. The molecule has 4 nitrogen and oxygen atoms in total. The zero-order chi connectivity index (χ0) is 16.3. The smallest absolute Gasteiger partial charge is 0.256 e. The zero-order valence-corrected chi connectivity index (χ0v) is 13.6. The monoisotopic (exact) mass is 297 g/mol. The number of hydrogen-bond acceptors (Lipinski definition) is 3. The van der Waals surface area contributed by atoms with Crippen LogP contribution in [0.5, 0.6) is 0 Å². The fourth-order valence-corrected chi connectivity index (χ4v) is 2.39. The Morgan fingerprint density at radius 2 is 1.86 bits per heavy atom. The van der Waals surface area contributed by atoms with Crippen molar-refractivity contribution in [3.8, 4) is 0 Å². The summed E-state index contributed by atoms with van der Waals surface area (Å²) in [5.41, 5.74) is 11.0. The van der Waals surface area contributed by atoms with E-state index in [0.29, 0.717) is 11.3 Å². The molecule has 2 rings (SSSR count). The summed E-state index contributed by atoms with van der Waals surface area (Å²) in [4.78, 5) is 14.6. The van der Waals surface area contributed by atoms with Gasteiger partial charge in [-0.3, -0.25) is 4.79 Å². The molecule has 0 heterocycles. The lowest BCUT2D eigenvalue weighted by Gasteiger charge is -2.16. The molecule has 0 aromatic heterocycles. The van der Waals surface area contributed by atoms with Crippen LogP contribution in [-0.4, -0.2) is 24.9 Å². The fourth-order valence-electron chi connectivity index (χ4n) is 2.39. The highest BCUT2D eigenvalue weighted by atomic mass is 16.1. The number of carbonyl (C=O) groups excluding carboxylic acids is 1. The zero-order valence-electron chi connectivity index (χ0n) is 13.6. The predicted octanol–water partition coefficient (Wildman–Crippen LogP) is 3.20. The van der Waals surface area contributed by atoms with Crippen LogP contribution < -0.4 is 11.1 Å². The quantitative estimate of drug-likeness (QED) is 0.852. The Morgan fingerprint density at radius 1 is 1.14 bits per heavy atom. The van der Waals surface area contributed by atoms with E-state index < -0.39 is 0 Å². The van der Waals surface area contributed by atoms with Gasteiger partial charge in [0.05, 0.1) is 0 Å². The lowest BCUT2D eigenvalue weighted by molar-refractivity contribution is 0.102. The van der Waals surface area contributed by atoms with E-state index in [9.17, 15) is 4.79 Å². The Labute approximate surface area is 131 Å². The van der Waals surface area contributed by atoms with Crippen molar-refractivity contribution in [3.05, 3.63) is 58.7 Å². The van der Waals surface area contributed by atoms with E-state index in [2.05, 4.69) is 16.3 Å². The van der Waals surface area contributed by atoms with Crippen LogP contribution in [0.4, 0.5) is 11.4 Å². The van der Waals surface area contributed by atoms with E-state index in [1.165, 1.54) is 5.56 Å². The minimum absolute atomic E-state index is 0.131. The molecule has 0 saturated heterocycles. The van der Waals surface area contributed by atoms with Crippen molar-refractivity contribution >= 4 is 17.3 Å². The van der Waals surface area contributed by atoms with Gasteiger partial charge in [-0.05, 0) is 57.3 Å². The van der Waals surface area contributed by atoms with Crippen molar-refractivity contribution in [2.24, 2.45) is 0 Å². The van der Waals surface area contributed by atoms with Crippen LogP contribution in [0, 0.1) is 13.8 Å². The maximum absolute atomic E-state index is 12.5. The van der Waals surface area contributed by atoms with Crippen LogP contribution in [0.15, 0.2) is 36.4 Å². The van der Waals surface area contributed by atoms with Gasteiger partial charge in [-0.1, -0.05) is 23.8 Å². The first-order chi connectivity index (χ1) is 10.4. The van der Waals surface area contributed by atoms with E-state index in [1.54, 1.807) is 12.1 Å². The predicted molar refractivity (Wildman–Crippen MR) is 92.1 cm³/mol. The molecule has 4 heteroatoms. The molecule has 0 spiro atoms. The molecule has 0 fully saturated rings. The van der Waals surface area contributed by atoms with Gasteiger partial charge in [0, 0.05) is 23.5 Å². The minimum Gasteiger partial charge on any atom is -0.399 e. The van der Waals surface area contributed by atoms with Gasteiger partial charge in [-0.2, -0.15) is 0 Å². The molecule has 3 N–H and O–H groups in total. The molecule has 0 aliphatic carbocycles. The molecule has 0 bridgehead atoms. The molecule has 0 aliphatic rings. The van der Waals surface area contributed by atoms with E-state index in [0.717, 1.165) is 23.4 Å². The summed E-state index contributed by atoms with van der Waals surface area (Å²) in [5.74, 6) is -0.131. The largest absolute Gasteiger partial charge is 0.399 e. The molecule has 0 saturated carbocycles. The van der Waals surface area contributed by atoms with Gasteiger partial charge < -0.3 is 16.0 Å². The average Bonchev–Trinajstić information content (AvgIpc) is 2.43. The van der Waals surface area contributed by atoms with Gasteiger partial charge in [-0.25, -0.2) is 0 Å². The first kappa shape index (κ1) is 16.0. The number of nitrogens with two attached hydrogens (primary N) is 1. The third-order valence-corrected chi connectivity index (χ3v) is 3.50. The minimum atomic E-state index is -0.131. The van der Waals surface area contributed by atoms with Crippen molar-refractivity contribution in [2.75, 3.05) is 25.1 Å². The number of amides is 1. The maximum Gasteiger partial charge on any atom is 0.256 e. The summed E-state index contributed by atoms with van der Waals surface area (Å²) in [5, 5.41) is 3.01. The fraction of sp³-hybridized carbons (Fsp3) is 0.278. The highest BCUT2D eigenvalue weighted by molar-refractivity contribution is 6.06. The number of nitrogen functional groups attached to an aromatic ring is 1. The first-order valence-electron chi connectivity index (χ1n) is 7.28. The molecule has 0 aliphatic heterocycles. The standard InChI is InChI=1S/C18H23N3O/c1-12-5-8-17(14(9-12)11-21(3)4)20-18(22)16-10-15(19)7-6-13(16)2/h5-10H,11,19H2,1-4H3,(H,20,22). The van der Waals surface area contributed by atoms with Crippen LogP contribution >= 0.6 is 0 Å². The first-order valence-corrected chi connectivity index (χ1v) is 7.28. The van der Waals surface area contributed by atoms with Crippen LogP contribution in [-0.2, 0) is 6.54 Å². The van der Waals surface area contributed by atoms with Gasteiger partial charge in [0.1, 0.15) is 0 Å². The van der Waals surface area contributed by atoms with E-state index in [1.807, 2.05) is 46.1 Å². The van der Waals surface area contributed by atoms with Crippen molar-refractivity contribution in [2.45, 2.75) is 20.4 Å². The Balaban J connectivity index is 2.30. The normalized spacial score (nSPS) is 10.8. The number of benzene rings is 2. The Hall–Kier alpha value is -2.33. The number of rotatable bonds is 4. The summed E-state index contributed by atoms with van der Waals surface area (Å²) in [6, 6.07) is 11.4. The van der Waals surface area contributed by atoms with Crippen molar-refractivity contribution in [1.82, 2.24) is 4.90 Å². The molecule has 1 amide bonds. The molecule has 22 heavy (non-hydrogen) atoms. The number of carbonyl (C=O) groups is 1.